The first kappa shape index (κ1) is 14.5. The van der Waals surface area contributed by atoms with Gasteiger partial charge >= 0.3 is 0 Å². The molecule has 0 fully saturated rings. The molecule has 21 heavy (non-hydrogen) atoms. The van der Waals surface area contributed by atoms with Crippen molar-refractivity contribution in [1.82, 2.24) is 0 Å². The summed E-state index contributed by atoms with van der Waals surface area (Å²) in [5.41, 5.74) is 8.56. The summed E-state index contributed by atoms with van der Waals surface area (Å²) in [6, 6.07) is 14.9. The van der Waals surface area contributed by atoms with Gasteiger partial charge in [-0.1, -0.05) is 18.2 Å². The van der Waals surface area contributed by atoms with Gasteiger partial charge in [0.2, 0.25) is 0 Å². The molecule has 2 aromatic rings. The van der Waals surface area contributed by atoms with Crippen LogP contribution in [0.3, 0.4) is 0 Å². The number of anilines is 1. The van der Waals surface area contributed by atoms with Gasteiger partial charge in [0.15, 0.2) is 11.5 Å². The molecule has 0 amide bonds. The van der Waals surface area contributed by atoms with Crippen molar-refractivity contribution in [1.29, 1.82) is 5.26 Å². The van der Waals surface area contributed by atoms with Crippen LogP contribution < -0.4 is 15.2 Å². The maximum Gasteiger partial charge on any atom is 0.161 e. The van der Waals surface area contributed by atoms with Crippen LogP contribution in [0.1, 0.15) is 11.1 Å². The Bertz CT molecular complexity index is 715. The van der Waals surface area contributed by atoms with Gasteiger partial charge < -0.3 is 15.2 Å². The summed E-state index contributed by atoms with van der Waals surface area (Å²) in [5.74, 6) is 1.27. The third kappa shape index (κ3) is 3.34. The van der Waals surface area contributed by atoms with Gasteiger partial charge in [0.25, 0.3) is 0 Å². The second-order valence-electron chi connectivity index (χ2n) is 4.41. The molecule has 0 spiro atoms. The van der Waals surface area contributed by atoms with Gasteiger partial charge in [-0.15, -0.1) is 0 Å². The van der Waals surface area contributed by atoms with E-state index in [1.807, 2.05) is 24.3 Å². The topological polar surface area (TPSA) is 68.3 Å². The summed E-state index contributed by atoms with van der Waals surface area (Å²) >= 11 is 0. The summed E-state index contributed by atoms with van der Waals surface area (Å²) in [5, 5.41) is 9.34. The van der Waals surface area contributed by atoms with Crippen molar-refractivity contribution in [3.05, 3.63) is 53.6 Å². The van der Waals surface area contributed by atoms with E-state index < -0.39 is 0 Å². The minimum absolute atomic E-state index is 0.537. The molecule has 106 valence electrons. The molecule has 0 bridgehead atoms. The highest BCUT2D eigenvalue weighted by Gasteiger charge is 2.06. The SMILES string of the molecule is COc1ccc(C=C(C#N)c2cccc(N)c2)cc1OC. The van der Waals surface area contributed by atoms with Gasteiger partial charge in [-0.2, -0.15) is 5.26 Å². The monoisotopic (exact) mass is 280 g/mol. The Balaban J connectivity index is 2.43. The maximum absolute atomic E-state index is 9.34. The highest BCUT2D eigenvalue weighted by Crippen LogP contribution is 2.29. The van der Waals surface area contributed by atoms with Crippen molar-refractivity contribution in [3.63, 3.8) is 0 Å². The van der Waals surface area contributed by atoms with Crippen LogP contribution in [0.5, 0.6) is 11.5 Å². The Morgan fingerprint density at radius 2 is 1.86 bits per heavy atom. The standard InChI is InChI=1S/C17H16N2O2/c1-20-16-7-6-12(9-17(16)21-2)8-14(11-18)13-4-3-5-15(19)10-13/h3-10H,19H2,1-2H3. The van der Waals surface area contributed by atoms with Crippen molar-refractivity contribution in [2.45, 2.75) is 0 Å². The molecule has 4 nitrogen and oxygen atoms in total. The van der Waals surface area contributed by atoms with Crippen LogP contribution in [0.2, 0.25) is 0 Å². The van der Waals surface area contributed by atoms with E-state index in [0.717, 1.165) is 11.1 Å². The lowest BCUT2D eigenvalue weighted by Gasteiger charge is -2.08. The first-order chi connectivity index (χ1) is 10.2. The Morgan fingerprint density at radius 3 is 2.48 bits per heavy atom. The molecule has 4 heteroatoms. The van der Waals surface area contributed by atoms with Crippen LogP contribution in [-0.2, 0) is 0 Å². The van der Waals surface area contributed by atoms with E-state index in [9.17, 15) is 5.26 Å². The molecule has 0 saturated heterocycles. The van der Waals surface area contributed by atoms with Crippen molar-refractivity contribution in [3.8, 4) is 17.6 Å². The van der Waals surface area contributed by atoms with Crippen molar-refractivity contribution < 1.29 is 9.47 Å². The Hall–Kier alpha value is -2.93. The minimum Gasteiger partial charge on any atom is -0.493 e. The van der Waals surface area contributed by atoms with Crippen molar-refractivity contribution in [2.75, 3.05) is 20.0 Å². The maximum atomic E-state index is 9.34. The Kier molecular flexibility index (Phi) is 4.47. The molecule has 0 aromatic heterocycles. The van der Waals surface area contributed by atoms with E-state index in [4.69, 9.17) is 15.2 Å². The van der Waals surface area contributed by atoms with Gasteiger partial charge in [-0.25, -0.2) is 0 Å². The molecule has 0 heterocycles. The molecule has 0 aliphatic rings. The van der Waals surface area contributed by atoms with Crippen LogP contribution in [0.25, 0.3) is 11.6 Å². The number of nitriles is 1. The van der Waals surface area contributed by atoms with Gasteiger partial charge in [0.05, 0.1) is 25.9 Å². The van der Waals surface area contributed by atoms with Gasteiger partial charge in [-0.3, -0.25) is 0 Å². The van der Waals surface area contributed by atoms with Crippen LogP contribution in [-0.4, -0.2) is 14.2 Å². The normalized spacial score (nSPS) is 10.8. The summed E-state index contributed by atoms with van der Waals surface area (Å²) in [4.78, 5) is 0. The van der Waals surface area contributed by atoms with E-state index in [-0.39, 0.29) is 0 Å². The Labute approximate surface area is 124 Å². The van der Waals surface area contributed by atoms with Crippen molar-refractivity contribution in [2.24, 2.45) is 0 Å². The number of ether oxygens (including phenoxy) is 2. The van der Waals surface area contributed by atoms with Gasteiger partial charge in [0, 0.05) is 5.69 Å². The molecule has 0 radical (unpaired) electrons. The number of hydrogen-bond acceptors (Lipinski definition) is 4. The second kappa shape index (κ2) is 6.49. The highest BCUT2D eigenvalue weighted by atomic mass is 16.5. The molecule has 2 rings (SSSR count). The largest absolute Gasteiger partial charge is 0.493 e. The summed E-state index contributed by atoms with van der Waals surface area (Å²) in [7, 11) is 3.16. The third-order valence-electron chi connectivity index (χ3n) is 3.04. The zero-order valence-electron chi connectivity index (χ0n) is 12.0. The fourth-order valence-electron chi connectivity index (χ4n) is 2.00. The Morgan fingerprint density at radius 1 is 1.10 bits per heavy atom. The molecular formula is C17H16N2O2. The first-order valence-corrected chi connectivity index (χ1v) is 6.37. The fourth-order valence-corrected chi connectivity index (χ4v) is 2.00. The number of hydrogen-bond donors (Lipinski definition) is 1. The van der Waals surface area contributed by atoms with E-state index >= 15 is 0 Å². The number of benzene rings is 2. The van der Waals surface area contributed by atoms with E-state index in [2.05, 4.69) is 6.07 Å². The summed E-state index contributed by atoms with van der Waals surface area (Å²) in [6.07, 6.45) is 1.79. The third-order valence-corrected chi connectivity index (χ3v) is 3.04. The molecule has 0 saturated carbocycles. The number of methoxy groups -OCH3 is 2. The zero-order valence-corrected chi connectivity index (χ0v) is 12.0. The average molecular weight is 280 g/mol. The highest BCUT2D eigenvalue weighted by molar-refractivity contribution is 5.90. The smallest absolute Gasteiger partial charge is 0.161 e. The van der Waals surface area contributed by atoms with Gasteiger partial charge in [-0.05, 0) is 41.5 Å². The lowest BCUT2D eigenvalue weighted by molar-refractivity contribution is 0.355. The quantitative estimate of drug-likeness (QED) is 0.530. The number of nitrogens with two attached hydrogens (primary N) is 1. The summed E-state index contributed by atoms with van der Waals surface area (Å²) in [6.45, 7) is 0. The van der Waals surface area contributed by atoms with E-state index in [1.54, 1.807) is 38.5 Å². The lowest BCUT2D eigenvalue weighted by atomic mass is 10.0. The van der Waals surface area contributed by atoms with Crippen LogP contribution in [0.4, 0.5) is 5.69 Å². The number of nitrogen functional groups attached to an aromatic ring is 1. The molecule has 0 aliphatic carbocycles. The zero-order chi connectivity index (χ0) is 15.2. The van der Waals surface area contributed by atoms with E-state index in [1.165, 1.54) is 0 Å². The minimum atomic E-state index is 0.537. The summed E-state index contributed by atoms with van der Waals surface area (Å²) < 4.78 is 10.5. The van der Waals surface area contributed by atoms with Crippen LogP contribution in [0, 0.1) is 11.3 Å². The average Bonchev–Trinajstić information content (AvgIpc) is 2.52. The predicted octanol–water partition coefficient (Wildman–Crippen LogP) is 3.35. The predicted molar refractivity (Wildman–Crippen MR) is 83.9 cm³/mol. The molecule has 2 aromatic carbocycles. The number of nitrogens with zero attached hydrogens (tertiary/aromatic N) is 1. The first-order valence-electron chi connectivity index (χ1n) is 6.37. The molecular weight excluding hydrogens is 264 g/mol. The molecule has 0 aliphatic heterocycles. The number of rotatable bonds is 4. The number of allylic oxidation sites excluding steroid dienone is 1. The van der Waals surface area contributed by atoms with E-state index in [0.29, 0.717) is 22.8 Å². The van der Waals surface area contributed by atoms with Crippen molar-refractivity contribution >= 4 is 17.3 Å². The lowest BCUT2D eigenvalue weighted by Crippen LogP contribution is -1.91. The van der Waals surface area contributed by atoms with Crippen LogP contribution >= 0.6 is 0 Å². The molecule has 0 atom stereocenters. The van der Waals surface area contributed by atoms with Crippen LogP contribution in [0.15, 0.2) is 42.5 Å². The molecule has 0 unspecified atom stereocenters. The molecule has 2 N–H and O–H groups in total. The fraction of sp³-hybridized carbons (Fsp3) is 0.118. The second-order valence-corrected chi connectivity index (χ2v) is 4.41. The van der Waals surface area contributed by atoms with Gasteiger partial charge in [0.1, 0.15) is 0 Å².